The molecule has 2 heterocycles. The van der Waals surface area contributed by atoms with Crippen molar-refractivity contribution in [1.82, 2.24) is 10.2 Å². The number of nitrogen functional groups attached to an aromatic ring is 1. The molecule has 4 rings (SSSR count). The Morgan fingerprint density at radius 1 is 1.14 bits per heavy atom. The third-order valence-corrected chi connectivity index (χ3v) is 5.86. The van der Waals surface area contributed by atoms with Gasteiger partial charge in [0.1, 0.15) is 13.2 Å². The number of amides is 1. The second-order valence-corrected chi connectivity index (χ2v) is 8.00. The number of hydrogen-bond donors (Lipinski definition) is 2. The number of carbonyl (C=O) groups is 1. The van der Waals surface area contributed by atoms with Crippen molar-refractivity contribution in [3.05, 3.63) is 52.5 Å². The molecular formula is C22H26ClN3O3. The maximum Gasteiger partial charge on any atom is 0.255 e. The average molecular weight is 416 g/mol. The van der Waals surface area contributed by atoms with E-state index in [4.69, 9.17) is 26.8 Å². The summed E-state index contributed by atoms with van der Waals surface area (Å²) in [6, 6.07) is 12.1. The molecular weight excluding hydrogens is 390 g/mol. The van der Waals surface area contributed by atoms with Gasteiger partial charge in [0.15, 0.2) is 11.5 Å². The van der Waals surface area contributed by atoms with Crippen LogP contribution in [0.15, 0.2) is 36.4 Å². The SMILES string of the molecule is Nc1c(Cl)cc(C(=O)NCC2CCN(Cc3ccccc3)CC2)c2c1OCCO2. The van der Waals surface area contributed by atoms with Crippen molar-refractivity contribution in [3.63, 3.8) is 0 Å². The van der Waals surface area contributed by atoms with Crippen molar-refractivity contribution in [2.45, 2.75) is 19.4 Å². The van der Waals surface area contributed by atoms with Gasteiger partial charge in [-0.3, -0.25) is 9.69 Å². The van der Waals surface area contributed by atoms with Crippen LogP contribution in [0, 0.1) is 5.92 Å². The van der Waals surface area contributed by atoms with E-state index in [1.807, 2.05) is 6.07 Å². The van der Waals surface area contributed by atoms with Crippen molar-refractivity contribution in [2.24, 2.45) is 5.92 Å². The summed E-state index contributed by atoms with van der Waals surface area (Å²) in [5.41, 5.74) is 7.98. The highest BCUT2D eigenvalue weighted by Gasteiger charge is 2.26. The third-order valence-electron chi connectivity index (χ3n) is 5.55. The van der Waals surface area contributed by atoms with Crippen LogP contribution in [0.5, 0.6) is 11.5 Å². The Balaban J connectivity index is 1.31. The molecule has 0 aromatic heterocycles. The summed E-state index contributed by atoms with van der Waals surface area (Å²) in [6.45, 7) is 4.46. The van der Waals surface area contributed by atoms with Crippen LogP contribution in [0.4, 0.5) is 5.69 Å². The predicted octanol–water partition coefficient (Wildman–Crippen LogP) is 3.34. The molecule has 154 valence electrons. The van der Waals surface area contributed by atoms with Crippen LogP contribution in [-0.2, 0) is 6.54 Å². The lowest BCUT2D eigenvalue weighted by Gasteiger charge is -2.32. The van der Waals surface area contributed by atoms with E-state index in [1.165, 1.54) is 5.56 Å². The number of ether oxygens (including phenoxy) is 2. The molecule has 1 amide bonds. The molecule has 1 saturated heterocycles. The predicted molar refractivity (Wildman–Crippen MR) is 114 cm³/mol. The van der Waals surface area contributed by atoms with E-state index in [0.29, 0.717) is 53.4 Å². The lowest BCUT2D eigenvalue weighted by atomic mass is 9.96. The molecule has 0 radical (unpaired) electrons. The highest BCUT2D eigenvalue weighted by molar-refractivity contribution is 6.34. The molecule has 0 bridgehead atoms. The van der Waals surface area contributed by atoms with E-state index in [0.717, 1.165) is 32.5 Å². The largest absolute Gasteiger partial charge is 0.485 e. The maximum atomic E-state index is 12.8. The molecule has 2 aliphatic rings. The number of benzene rings is 2. The summed E-state index contributed by atoms with van der Waals surface area (Å²) in [5, 5.41) is 3.34. The monoisotopic (exact) mass is 415 g/mol. The fourth-order valence-electron chi connectivity index (χ4n) is 3.89. The van der Waals surface area contributed by atoms with Gasteiger partial charge in [-0.15, -0.1) is 0 Å². The van der Waals surface area contributed by atoms with Gasteiger partial charge in [-0.05, 0) is 43.5 Å². The summed E-state index contributed by atoms with van der Waals surface area (Å²) < 4.78 is 11.2. The standard InChI is InChI=1S/C22H26ClN3O3/c23-18-12-17(20-21(19(18)24)29-11-10-28-20)22(27)25-13-15-6-8-26(9-7-15)14-16-4-2-1-3-5-16/h1-5,12,15H,6-11,13-14,24H2,(H,25,27). The Bertz CT molecular complexity index is 867. The molecule has 0 saturated carbocycles. The second kappa shape index (κ2) is 8.93. The summed E-state index contributed by atoms with van der Waals surface area (Å²) >= 11 is 6.18. The zero-order valence-corrected chi connectivity index (χ0v) is 17.1. The molecule has 2 aliphatic heterocycles. The van der Waals surface area contributed by atoms with Crippen molar-refractivity contribution < 1.29 is 14.3 Å². The quantitative estimate of drug-likeness (QED) is 0.732. The second-order valence-electron chi connectivity index (χ2n) is 7.59. The van der Waals surface area contributed by atoms with Gasteiger partial charge >= 0.3 is 0 Å². The number of likely N-dealkylation sites (tertiary alicyclic amines) is 1. The zero-order valence-electron chi connectivity index (χ0n) is 16.3. The Morgan fingerprint density at radius 3 is 2.55 bits per heavy atom. The van der Waals surface area contributed by atoms with Crippen LogP contribution in [0.25, 0.3) is 0 Å². The summed E-state index contributed by atoms with van der Waals surface area (Å²) in [5.74, 6) is 1.00. The topological polar surface area (TPSA) is 76.8 Å². The van der Waals surface area contributed by atoms with Gasteiger partial charge in [0.05, 0.1) is 16.3 Å². The number of piperidine rings is 1. The van der Waals surface area contributed by atoms with Crippen molar-refractivity contribution in [1.29, 1.82) is 0 Å². The fourth-order valence-corrected chi connectivity index (χ4v) is 4.08. The molecule has 2 aromatic carbocycles. The average Bonchev–Trinajstić information content (AvgIpc) is 2.76. The van der Waals surface area contributed by atoms with E-state index in [1.54, 1.807) is 6.07 Å². The van der Waals surface area contributed by atoms with Crippen molar-refractivity contribution in [2.75, 3.05) is 38.6 Å². The van der Waals surface area contributed by atoms with Crippen LogP contribution in [0.2, 0.25) is 5.02 Å². The highest BCUT2D eigenvalue weighted by atomic mass is 35.5. The molecule has 7 heteroatoms. The first-order valence-electron chi connectivity index (χ1n) is 10.0. The number of anilines is 1. The van der Waals surface area contributed by atoms with Crippen LogP contribution < -0.4 is 20.5 Å². The van der Waals surface area contributed by atoms with E-state index in [9.17, 15) is 4.79 Å². The first-order chi connectivity index (χ1) is 14.1. The number of hydrogen-bond acceptors (Lipinski definition) is 5. The Kier molecular flexibility index (Phi) is 6.11. The molecule has 29 heavy (non-hydrogen) atoms. The van der Waals surface area contributed by atoms with Crippen LogP contribution in [0.3, 0.4) is 0 Å². The van der Waals surface area contributed by atoms with E-state index >= 15 is 0 Å². The van der Waals surface area contributed by atoms with Gasteiger partial charge in [-0.1, -0.05) is 41.9 Å². The zero-order chi connectivity index (χ0) is 20.2. The number of nitrogens with zero attached hydrogens (tertiary/aromatic N) is 1. The molecule has 6 nitrogen and oxygen atoms in total. The molecule has 2 aromatic rings. The number of nitrogens with two attached hydrogens (primary N) is 1. The first kappa shape index (κ1) is 19.9. The van der Waals surface area contributed by atoms with Gasteiger partial charge in [0, 0.05) is 13.1 Å². The molecule has 0 aliphatic carbocycles. The molecule has 0 unspecified atom stereocenters. The van der Waals surface area contributed by atoms with Crippen LogP contribution in [-0.4, -0.2) is 43.7 Å². The maximum absolute atomic E-state index is 12.8. The smallest absolute Gasteiger partial charge is 0.255 e. The highest BCUT2D eigenvalue weighted by Crippen LogP contribution is 2.43. The first-order valence-corrected chi connectivity index (χ1v) is 10.4. The number of carbonyl (C=O) groups excluding carboxylic acids is 1. The Labute approximate surface area is 175 Å². The molecule has 3 N–H and O–H groups in total. The lowest BCUT2D eigenvalue weighted by Crippen LogP contribution is -2.38. The Morgan fingerprint density at radius 2 is 1.83 bits per heavy atom. The lowest BCUT2D eigenvalue weighted by molar-refractivity contribution is 0.0924. The van der Waals surface area contributed by atoms with Crippen molar-refractivity contribution in [3.8, 4) is 11.5 Å². The minimum absolute atomic E-state index is 0.208. The molecule has 1 fully saturated rings. The van der Waals surface area contributed by atoms with Crippen LogP contribution >= 0.6 is 11.6 Å². The van der Waals surface area contributed by atoms with Gasteiger partial charge < -0.3 is 20.5 Å². The fraction of sp³-hybridized carbons (Fsp3) is 0.409. The number of rotatable bonds is 5. The van der Waals surface area contributed by atoms with E-state index in [2.05, 4.69) is 34.5 Å². The third kappa shape index (κ3) is 4.60. The molecule has 0 spiro atoms. The number of halogens is 1. The van der Waals surface area contributed by atoms with Crippen molar-refractivity contribution >= 4 is 23.2 Å². The van der Waals surface area contributed by atoms with Crippen LogP contribution in [0.1, 0.15) is 28.8 Å². The Hall–Kier alpha value is -2.44. The minimum Gasteiger partial charge on any atom is -0.485 e. The van der Waals surface area contributed by atoms with Gasteiger partial charge in [0.25, 0.3) is 5.91 Å². The number of fused-ring (bicyclic) bond motifs is 1. The summed E-state index contributed by atoms with van der Waals surface area (Å²) in [4.78, 5) is 15.2. The van der Waals surface area contributed by atoms with E-state index < -0.39 is 0 Å². The van der Waals surface area contributed by atoms with Gasteiger partial charge in [-0.25, -0.2) is 0 Å². The molecule has 0 atom stereocenters. The normalized spacial score (nSPS) is 17.1. The number of nitrogens with one attached hydrogen (secondary N) is 1. The summed E-state index contributed by atoms with van der Waals surface area (Å²) in [7, 11) is 0. The summed E-state index contributed by atoms with van der Waals surface area (Å²) in [6.07, 6.45) is 2.13. The van der Waals surface area contributed by atoms with E-state index in [-0.39, 0.29) is 5.91 Å². The van der Waals surface area contributed by atoms with Gasteiger partial charge in [0.2, 0.25) is 0 Å². The minimum atomic E-state index is -0.208. The van der Waals surface area contributed by atoms with Gasteiger partial charge in [-0.2, -0.15) is 0 Å².